The molecule has 0 aromatic rings. The minimum Gasteiger partial charge on any atom is -0.382 e. The van der Waals surface area contributed by atoms with Crippen LogP contribution in [0.2, 0.25) is 0 Å². The van der Waals surface area contributed by atoms with E-state index < -0.39 is 5.79 Å². The molecule has 0 aromatic carbocycles. The largest absolute Gasteiger partial charge is 0.382 e. The highest BCUT2D eigenvalue weighted by Crippen LogP contribution is 2.49. The van der Waals surface area contributed by atoms with E-state index in [-0.39, 0.29) is 5.41 Å². The van der Waals surface area contributed by atoms with Crippen molar-refractivity contribution in [3.8, 4) is 0 Å². The minimum atomic E-state index is -0.465. The van der Waals surface area contributed by atoms with Crippen LogP contribution in [-0.4, -0.2) is 52.7 Å². The molecule has 0 radical (unpaired) electrons. The van der Waals surface area contributed by atoms with E-state index in [9.17, 15) is 0 Å². The van der Waals surface area contributed by atoms with Crippen LogP contribution in [0.15, 0.2) is 12.2 Å². The van der Waals surface area contributed by atoms with Gasteiger partial charge in [0.2, 0.25) is 0 Å². The van der Waals surface area contributed by atoms with Crippen molar-refractivity contribution in [2.75, 3.05) is 46.9 Å². The summed E-state index contributed by atoms with van der Waals surface area (Å²) in [6.07, 6.45) is 6.01. The summed E-state index contributed by atoms with van der Waals surface area (Å²) in [6.45, 7) is 5.60. The third-order valence-electron chi connectivity index (χ3n) is 3.86. The Morgan fingerprint density at radius 2 is 1.84 bits per heavy atom. The third-order valence-corrected chi connectivity index (χ3v) is 3.86. The molecule has 0 N–H and O–H groups in total. The summed E-state index contributed by atoms with van der Waals surface area (Å²) < 4.78 is 27.3. The molecule has 0 amide bonds. The van der Waals surface area contributed by atoms with Crippen molar-refractivity contribution in [2.45, 2.75) is 25.6 Å². The van der Waals surface area contributed by atoms with E-state index in [0.29, 0.717) is 39.8 Å². The molecule has 5 nitrogen and oxygen atoms in total. The maximum atomic E-state index is 5.84. The fourth-order valence-corrected chi connectivity index (χ4v) is 2.61. The number of ether oxygens (including phenoxy) is 5. The Morgan fingerprint density at radius 1 is 1.11 bits per heavy atom. The molecule has 1 fully saturated rings. The fourth-order valence-electron chi connectivity index (χ4n) is 2.61. The Labute approximate surface area is 114 Å². The Hall–Kier alpha value is -0.460. The van der Waals surface area contributed by atoms with Crippen LogP contribution >= 0.6 is 0 Å². The van der Waals surface area contributed by atoms with E-state index in [1.165, 1.54) is 0 Å². The molecule has 0 bridgehead atoms. The number of hydrogen-bond acceptors (Lipinski definition) is 5. The van der Waals surface area contributed by atoms with E-state index >= 15 is 0 Å². The first kappa shape index (κ1) is 14.9. The van der Waals surface area contributed by atoms with Gasteiger partial charge < -0.3 is 23.7 Å². The van der Waals surface area contributed by atoms with Crippen LogP contribution in [0.3, 0.4) is 0 Å². The second kappa shape index (κ2) is 6.81. The average Bonchev–Trinajstić information content (AvgIpc) is 2.99. The summed E-state index contributed by atoms with van der Waals surface area (Å²) in [5.74, 6) is -0.465. The molecule has 2 rings (SSSR count). The number of hydrogen-bond donors (Lipinski definition) is 0. The first-order valence-corrected chi connectivity index (χ1v) is 6.82. The monoisotopic (exact) mass is 272 g/mol. The van der Waals surface area contributed by atoms with Crippen LogP contribution in [-0.2, 0) is 23.7 Å². The van der Waals surface area contributed by atoms with Crippen molar-refractivity contribution in [1.29, 1.82) is 0 Å². The van der Waals surface area contributed by atoms with Crippen molar-refractivity contribution >= 4 is 0 Å². The second-order valence-corrected chi connectivity index (χ2v) is 5.15. The Balaban J connectivity index is 1.68. The zero-order valence-electron chi connectivity index (χ0n) is 11.9. The average molecular weight is 272 g/mol. The molecule has 1 heterocycles. The predicted octanol–water partition coefficient (Wildman–Crippen LogP) is 1.72. The molecule has 1 atom stereocenters. The Morgan fingerprint density at radius 3 is 2.58 bits per heavy atom. The molecule has 1 aliphatic carbocycles. The van der Waals surface area contributed by atoms with Crippen molar-refractivity contribution in [3.05, 3.63) is 12.2 Å². The summed E-state index contributed by atoms with van der Waals surface area (Å²) in [4.78, 5) is 0. The van der Waals surface area contributed by atoms with Gasteiger partial charge >= 0.3 is 0 Å². The maximum Gasteiger partial charge on any atom is 0.180 e. The van der Waals surface area contributed by atoms with Crippen molar-refractivity contribution < 1.29 is 23.7 Å². The molecule has 110 valence electrons. The van der Waals surface area contributed by atoms with Gasteiger partial charge in [-0.3, -0.25) is 0 Å². The lowest BCUT2D eigenvalue weighted by Gasteiger charge is -2.38. The van der Waals surface area contributed by atoms with Gasteiger partial charge in [0.05, 0.1) is 33.0 Å². The second-order valence-electron chi connectivity index (χ2n) is 5.15. The SMILES string of the molecule is COCCOCOCCC1(C)C=CCC12OCCO2. The lowest BCUT2D eigenvalue weighted by Crippen LogP contribution is -2.44. The van der Waals surface area contributed by atoms with Gasteiger partial charge in [-0.2, -0.15) is 0 Å². The van der Waals surface area contributed by atoms with Crippen LogP contribution < -0.4 is 0 Å². The van der Waals surface area contributed by atoms with E-state index in [2.05, 4.69) is 19.1 Å². The molecule has 1 unspecified atom stereocenters. The van der Waals surface area contributed by atoms with Crippen LogP contribution in [0.4, 0.5) is 0 Å². The van der Waals surface area contributed by atoms with Gasteiger partial charge in [0, 0.05) is 18.9 Å². The Kier molecular flexibility index (Phi) is 5.36. The first-order chi connectivity index (χ1) is 9.22. The van der Waals surface area contributed by atoms with Gasteiger partial charge in [0.15, 0.2) is 5.79 Å². The van der Waals surface area contributed by atoms with Gasteiger partial charge in [-0.25, -0.2) is 0 Å². The molecule has 1 saturated heterocycles. The standard InChI is InChI=1S/C14H24O5/c1-13(6-7-16-12-17-9-8-15-2)4-3-5-14(13)18-10-11-19-14/h3-4H,5-12H2,1-2H3. The summed E-state index contributed by atoms with van der Waals surface area (Å²) in [6, 6.07) is 0. The lowest BCUT2D eigenvalue weighted by molar-refractivity contribution is -0.214. The van der Waals surface area contributed by atoms with Crippen LogP contribution in [0.5, 0.6) is 0 Å². The Bertz CT molecular complexity index is 298. The van der Waals surface area contributed by atoms with Gasteiger partial charge in [-0.05, 0) is 6.42 Å². The number of methoxy groups -OCH3 is 1. The van der Waals surface area contributed by atoms with E-state index in [1.807, 2.05) is 0 Å². The van der Waals surface area contributed by atoms with E-state index in [4.69, 9.17) is 23.7 Å². The molecule has 0 aromatic heterocycles. The molecule has 5 heteroatoms. The van der Waals surface area contributed by atoms with Crippen LogP contribution in [0.1, 0.15) is 19.8 Å². The first-order valence-electron chi connectivity index (χ1n) is 6.82. The molecule has 19 heavy (non-hydrogen) atoms. The highest BCUT2D eigenvalue weighted by molar-refractivity contribution is 5.15. The fraction of sp³-hybridized carbons (Fsp3) is 0.857. The number of rotatable bonds is 8. The smallest absolute Gasteiger partial charge is 0.180 e. The third kappa shape index (κ3) is 3.35. The molecular formula is C14H24O5. The quantitative estimate of drug-likeness (QED) is 0.382. The molecule has 1 spiro atoms. The highest BCUT2D eigenvalue weighted by Gasteiger charge is 2.53. The van der Waals surface area contributed by atoms with Crippen molar-refractivity contribution in [1.82, 2.24) is 0 Å². The van der Waals surface area contributed by atoms with Crippen LogP contribution in [0, 0.1) is 5.41 Å². The maximum absolute atomic E-state index is 5.84. The predicted molar refractivity (Wildman–Crippen MR) is 69.8 cm³/mol. The molecule has 1 aliphatic heterocycles. The summed E-state index contributed by atoms with van der Waals surface area (Å²) >= 11 is 0. The summed E-state index contributed by atoms with van der Waals surface area (Å²) in [5.41, 5.74) is -0.115. The minimum absolute atomic E-state index is 0.115. The van der Waals surface area contributed by atoms with Gasteiger partial charge in [0.1, 0.15) is 6.79 Å². The molecule has 0 saturated carbocycles. The zero-order chi connectivity index (χ0) is 13.6. The normalized spacial score (nSPS) is 28.5. The van der Waals surface area contributed by atoms with E-state index in [0.717, 1.165) is 12.8 Å². The van der Waals surface area contributed by atoms with Crippen molar-refractivity contribution in [3.63, 3.8) is 0 Å². The van der Waals surface area contributed by atoms with Crippen molar-refractivity contribution in [2.24, 2.45) is 5.41 Å². The zero-order valence-corrected chi connectivity index (χ0v) is 11.9. The summed E-state index contributed by atoms with van der Waals surface area (Å²) in [7, 11) is 1.65. The topological polar surface area (TPSA) is 46.2 Å². The molecular weight excluding hydrogens is 248 g/mol. The van der Waals surface area contributed by atoms with Gasteiger partial charge in [-0.15, -0.1) is 0 Å². The van der Waals surface area contributed by atoms with Crippen LogP contribution in [0.25, 0.3) is 0 Å². The molecule has 2 aliphatic rings. The lowest BCUT2D eigenvalue weighted by atomic mass is 9.81. The van der Waals surface area contributed by atoms with Gasteiger partial charge in [-0.1, -0.05) is 19.1 Å². The summed E-state index contributed by atoms with van der Waals surface area (Å²) in [5, 5.41) is 0. The highest BCUT2D eigenvalue weighted by atomic mass is 16.7. The van der Waals surface area contributed by atoms with Gasteiger partial charge in [0.25, 0.3) is 0 Å². The van der Waals surface area contributed by atoms with E-state index in [1.54, 1.807) is 7.11 Å².